The van der Waals surface area contributed by atoms with E-state index in [1.54, 1.807) is 11.3 Å². The summed E-state index contributed by atoms with van der Waals surface area (Å²) in [7, 11) is 0. The van der Waals surface area contributed by atoms with Crippen LogP contribution >= 0.6 is 11.3 Å². The number of carbonyl (C=O) groups excluding carboxylic acids is 1. The Hall–Kier alpha value is -1.81. The Bertz CT molecular complexity index is 584. The van der Waals surface area contributed by atoms with Gasteiger partial charge >= 0.3 is 0 Å². The molecule has 4 heteroatoms. The van der Waals surface area contributed by atoms with Gasteiger partial charge in [0.15, 0.2) is 0 Å². The molecule has 2 aromatic rings. The second kappa shape index (κ2) is 6.31. The summed E-state index contributed by atoms with van der Waals surface area (Å²) in [4.78, 5) is 13.8. The van der Waals surface area contributed by atoms with Crippen molar-refractivity contribution in [3.05, 3.63) is 52.2 Å². The molecule has 0 saturated heterocycles. The Morgan fingerprint density at radius 3 is 2.95 bits per heavy atom. The lowest BCUT2D eigenvalue weighted by atomic mass is 10.1. The Morgan fingerprint density at radius 1 is 1.38 bits per heavy atom. The topological polar surface area (TPSA) is 41.1 Å². The van der Waals surface area contributed by atoms with E-state index in [-0.39, 0.29) is 18.0 Å². The van der Waals surface area contributed by atoms with Gasteiger partial charge in [-0.25, -0.2) is 0 Å². The maximum atomic E-state index is 12.5. The maximum absolute atomic E-state index is 12.5. The van der Waals surface area contributed by atoms with Crippen LogP contribution in [0.1, 0.15) is 36.2 Å². The van der Waals surface area contributed by atoms with Crippen LogP contribution in [0, 0.1) is 0 Å². The molecule has 0 bridgehead atoms. The number of benzene rings is 1. The van der Waals surface area contributed by atoms with E-state index in [0.29, 0.717) is 0 Å². The molecule has 1 unspecified atom stereocenters. The first-order valence-electron chi connectivity index (χ1n) is 7.46. The molecule has 2 atom stereocenters. The second-order valence-corrected chi connectivity index (χ2v) is 6.40. The van der Waals surface area contributed by atoms with Crippen LogP contribution in [0.25, 0.3) is 0 Å². The van der Waals surface area contributed by atoms with E-state index in [4.69, 9.17) is 0 Å². The monoisotopic (exact) mass is 300 g/mol. The van der Waals surface area contributed by atoms with E-state index in [1.165, 1.54) is 10.4 Å². The number of hydrogen-bond acceptors (Lipinski definition) is 3. The molecule has 0 spiro atoms. The van der Waals surface area contributed by atoms with E-state index < -0.39 is 0 Å². The molecule has 1 aliphatic rings. The summed E-state index contributed by atoms with van der Waals surface area (Å²) in [5, 5.41) is 8.59. The third-order valence-corrected chi connectivity index (χ3v) is 4.85. The van der Waals surface area contributed by atoms with Crippen molar-refractivity contribution in [3.63, 3.8) is 0 Å². The first-order valence-corrected chi connectivity index (χ1v) is 8.34. The number of hydrogen-bond donors (Lipinski definition) is 2. The van der Waals surface area contributed by atoms with Gasteiger partial charge in [0.1, 0.15) is 6.04 Å². The number of anilines is 1. The molecule has 0 fully saturated rings. The summed E-state index contributed by atoms with van der Waals surface area (Å²) >= 11 is 1.71. The average molecular weight is 300 g/mol. The Balaban J connectivity index is 1.66. The highest BCUT2D eigenvalue weighted by Crippen LogP contribution is 2.27. The predicted molar refractivity (Wildman–Crippen MR) is 87.7 cm³/mol. The Labute approximate surface area is 129 Å². The third-order valence-electron chi connectivity index (χ3n) is 3.87. The highest BCUT2D eigenvalue weighted by atomic mass is 32.1. The molecule has 1 aromatic carbocycles. The van der Waals surface area contributed by atoms with Crippen LogP contribution in [0.15, 0.2) is 41.8 Å². The standard InChI is InChI=1S/C17H20N2OS/c1-2-6-14(16-9-5-10-21-16)19-17(20)15-11-12-7-3-4-8-13(12)18-15/h3-5,7-10,14-15,18H,2,6,11H2,1H3,(H,19,20)/t14?,15-/m0/s1. The maximum Gasteiger partial charge on any atom is 0.243 e. The van der Waals surface area contributed by atoms with Crippen LogP contribution in [-0.2, 0) is 11.2 Å². The highest BCUT2D eigenvalue weighted by Gasteiger charge is 2.28. The van der Waals surface area contributed by atoms with Gasteiger partial charge in [-0.15, -0.1) is 11.3 Å². The summed E-state index contributed by atoms with van der Waals surface area (Å²) in [6, 6.07) is 12.3. The molecular formula is C17H20N2OS. The fourth-order valence-corrected chi connectivity index (χ4v) is 3.60. The SMILES string of the molecule is CCCC(NC(=O)[C@@H]1Cc2ccccc2N1)c1cccs1. The predicted octanol–water partition coefficient (Wildman–Crippen LogP) is 3.74. The normalized spacial score (nSPS) is 17.9. The lowest BCUT2D eigenvalue weighted by Crippen LogP contribution is -2.40. The first kappa shape index (κ1) is 14.1. The van der Waals surface area contributed by atoms with Crippen LogP contribution in [0.4, 0.5) is 5.69 Å². The molecule has 1 aromatic heterocycles. The van der Waals surface area contributed by atoms with Gasteiger partial charge in [-0.1, -0.05) is 37.6 Å². The van der Waals surface area contributed by atoms with Crippen molar-refractivity contribution in [1.82, 2.24) is 5.32 Å². The lowest BCUT2D eigenvalue weighted by molar-refractivity contribution is -0.122. The molecule has 1 aliphatic heterocycles. The zero-order chi connectivity index (χ0) is 14.7. The van der Waals surface area contributed by atoms with Crippen molar-refractivity contribution in [2.75, 3.05) is 5.32 Å². The Kier molecular flexibility index (Phi) is 4.25. The minimum absolute atomic E-state index is 0.0954. The van der Waals surface area contributed by atoms with E-state index in [1.807, 2.05) is 24.3 Å². The minimum Gasteiger partial charge on any atom is -0.373 e. The summed E-state index contributed by atoms with van der Waals surface area (Å²) < 4.78 is 0. The molecule has 21 heavy (non-hydrogen) atoms. The van der Waals surface area contributed by atoms with Gasteiger partial charge in [-0.05, 0) is 29.5 Å². The molecule has 0 aliphatic carbocycles. The van der Waals surface area contributed by atoms with Crippen molar-refractivity contribution < 1.29 is 4.79 Å². The van der Waals surface area contributed by atoms with Crippen molar-refractivity contribution in [3.8, 4) is 0 Å². The molecule has 1 amide bonds. The molecule has 3 nitrogen and oxygen atoms in total. The van der Waals surface area contributed by atoms with Crippen molar-refractivity contribution in [1.29, 1.82) is 0 Å². The van der Waals surface area contributed by atoms with E-state index in [9.17, 15) is 4.79 Å². The Morgan fingerprint density at radius 2 is 2.24 bits per heavy atom. The van der Waals surface area contributed by atoms with Crippen LogP contribution in [-0.4, -0.2) is 11.9 Å². The number of rotatable bonds is 5. The average Bonchev–Trinajstić information content (AvgIpc) is 3.16. The van der Waals surface area contributed by atoms with Crippen molar-refractivity contribution >= 4 is 22.9 Å². The van der Waals surface area contributed by atoms with Gasteiger partial charge in [0.05, 0.1) is 6.04 Å². The highest BCUT2D eigenvalue weighted by molar-refractivity contribution is 7.10. The fourth-order valence-electron chi connectivity index (χ4n) is 2.79. The number of carbonyl (C=O) groups is 1. The van der Waals surface area contributed by atoms with Gasteiger partial charge in [0.2, 0.25) is 5.91 Å². The zero-order valence-corrected chi connectivity index (χ0v) is 13.0. The van der Waals surface area contributed by atoms with Crippen LogP contribution in [0.5, 0.6) is 0 Å². The number of thiophene rings is 1. The number of nitrogens with one attached hydrogen (secondary N) is 2. The molecule has 2 heterocycles. The van der Waals surface area contributed by atoms with Crippen molar-refractivity contribution in [2.45, 2.75) is 38.3 Å². The molecule has 0 saturated carbocycles. The van der Waals surface area contributed by atoms with Crippen LogP contribution in [0.3, 0.4) is 0 Å². The molecule has 0 radical (unpaired) electrons. The first-order chi connectivity index (χ1) is 10.3. The summed E-state index contributed by atoms with van der Waals surface area (Å²) in [5.74, 6) is 0.0954. The number of amides is 1. The number of fused-ring (bicyclic) bond motifs is 1. The molecule has 110 valence electrons. The summed E-state index contributed by atoms with van der Waals surface area (Å²) in [6.07, 6.45) is 2.80. The van der Waals surface area contributed by atoms with E-state index in [0.717, 1.165) is 24.9 Å². The van der Waals surface area contributed by atoms with Gasteiger partial charge < -0.3 is 10.6 Å². The molecule has 2 N–H and O–H groups in total. The zero-order valence-electron chi connectivity index (χ0n) is 12.1. The fraction of sp³-hybridized carbons (Fsp3) is 0.353. The summed E-state index contributed by atoms with van der Waals surface area (Å²) in [5.41, 5.74) is 2.31. The van der Waals surface area contributed by atoms with E-state index >= 15 is 0 Å². The summed E-state index contributed by atoms with van der Waals surface area (Å²) in [6.45, 7) is 2.15. The minimum atomic E-state index is -0.151. The van der Waals surface area contributed by atoms with Crippen LogP contribution < -0.4 is 10.6 Å². The second-order valence-electron chi connectivity index (χ2n) is 5.42. The quantitative estimate of drug-likeness (QED) is 0.883. The molecule has 3 rings (SSSR count). The van der Waals surface area contributed by atoms with Gasteiger partial charge in [0, 0.05) is 17.0 Å². The lowest BCUT2D eigenvalue weighted by Gasteiger charge is -2.19. The smallest absolute Gasteiger partial charge is 0.243 e. The van der Waals surface area contributed by atoms with Crippen molar-refractivity contribution in [2.24, 2.45) is 0 Å². The van der Waals surface area contributed by atoms with E-state index in [2.05, 4.69) is 35.1 Å². The van der Waals surface area contributed by atoms with Gasteiger partial charge in [-0.2, -0.15) is 0 Å². The third kappa shape index (κ3) is 3.10. The number of para-hydroxylation sites is 1. The largest absolute Gasteiger partial charge is 0.373 e. The molecular weight excluding hydrogens is 280 g/mol. The van der Waals surface area contributed by atoms with Crippen LogP contribution in [0.2, 0.25) is 0 Å². The van der Waals surface area contributed by atoms with Gasteiger partial charge in [-0.3, -0.25) is 4.79 Å². The van der Waals surface area contributed by atoms with Gasteiger partial charge in [0.25, 0.3) is 0 Å².